The molecule has 0 unspecified atom stereocenters. The molecule has 0 atom stereocenters. The van der Waals surface area contributed by atoms with E-state index in [1.54, 1.807) is 36.3 Å². The molecule has 11 heteroatoms. The van der Waals surface area contributed by atoms with Crippen molar-refractivity contribution in [2.75, 3.05) is 23.5 Å². The predicted octanol–water partition coefficient (Wildman–Crippen LogP) is 3.02. The molecule has 3 aromatic heterocycles. The quantitative estimate of drug-likeness (QED) is 0.527. The molecule has 0 aliphatic carbocycles. The van der Waals surface area contributed by atoms with Crippen LogP contribution in [0.1, 0.15) is 20.8 Å². The largest absolute Gasteiger partial charge is 0.493 e. The van der Waals surface area contributed by atoms with Gasteiger partial charge in [0.25, 0.3) is 0 Å². The average Bonchev–Trinajstić information content (AvgIpc) is 3.11. The SMILES string of the molecule is CC(=O)Nc1cc(Nc2cc(OCC(C)C)cc(S(C)(=O)=O)n2)c(-c2ccn(C)n2)cn1. The number of aryl methyl sites for hydroxylation is 1. The highest BCUT2D eigenvalue weighted by Crippen LogP contribution is 2.32. The third kappa shape index (κ3) is 6.03. The zero-order valence-corrected chi connectivity index (χ0v) is 19.4. The summed E-state index contributed by atoms with van der Waals surface area (Å²) in [5.41, 5.74) is 1.83. The molecule has 0 aromatic carbocycles. The normalized spacial score (nSPS) is 11.4. The number of hydrogen-bond donors (Lipinski definition) is 2. The standard InChI is InChI=1S/C21H26N6O4S/c1-13(2)12-31-15-8-20(25-21(9-15)32(5,29)30)24-18-10-19(23-14(3)28)22-11-16(18)17-6-7-27(4)26-17/h6-11,13H,12H2,1-5H3,(H2,22,23,24,25,28). The highest BCUT2D eigenvalue weighted by molar-refractivity contribution is 7.90. The number of rotatable bonds is 8. The van der Waals surface area contributed by atoms with Crippen molar-refractivity contribution in [1.29, 1.82) is 0 Å². The first kappa shape index (κ1) is 23.2. The van der Waals surface area contributed by atoms with Crippen LogP contribution >= 0.6 is 0 Å². The van der Waals surface area contributed by atoms with Crippen LogP contribution in [0.25, 0.3) is 11.3 Å². The van der Waals surface area contributed by atoms with E-state index in [1.807, 2.05) is 19.9 Å². The lowest BCUT2D eigenvalue weighted by Crippen LogP contribution is -2.10. The molecule has 3 rings (SSSR count). The summed E-state index contributed by atoms with van der Waals surface area (Å²) in [6.07, 6.45) is 4.46. The fraction of sp³-hybridized carbons (Fsp3) is 0.333. The number of carbonyl (C=O) groups excluding carboxylic acids is 1. The maximum absolute atomic E-state index is 12.2. The monoisotopic (exact) mass is 458 g/mol. The Bertz CT molecular complexity index is 1240. The summed E-state index contributed by atoms with van der Waals surface area (Å²) in [6.45, 7) is 5.81. The Balaban J connectivity index is 2.07. The van der Waals surface area contributed by atoms with E-state index in [0.717, 1.165) is 6.26 Å². The van der Waals surface area contributed by atoms with Crippen molar-refractivity contribution < 1.29 is 17.9 Å². The van der Waals surface area contributed by atoms with Gasteiger partial charge in [-0.2, -0.15) is 5.10 Å². The fourth-order valence-electron chi connectivity index (χ4n) is 2.79. The third-order valence-corrected chi connectivity index (χ3v) is 5.17. The number of nitrogens with zero attached hydrogens (tertiary/aromatic N) is 4. The molecule has 3 aromatic rings. The van der Waals surface area contributed by atoms with Gasteiger partial charge in [-0.3, -0.25) is 9.48 Å². The third-order valence-electron chi connectivity index (χ3n) is 4.20. The van der Waals surface area contributed by atoms with E-state index in [4.69, 9.17) is 4.74 Å². The summed E-state index contributed by atoms with van der Waals surface area (Å²) in [5.74, 6) is 0.972. The maximum atomic E-state index is 12.2. The van der Waals surface area contributed by atoms with E-state index in [0.29, 0.717) is 35.1 Å². The Hall–Kier alpha value is -3.47. The van der Waals surface area contributed by atoms with Crippen LogP contribution in [0.3, 0.4) is 0 Å². The van der Waals surface area contributed by atoms with Gasteiger partial charge in [0, 0.05) is 56.4 Å². The number of ether oxygens (including phenoxy) is 1. The van der Waals surface area contributed by atoms with Crippen LogP contribution in [-0.4, -0.2) is 46.9 Å². The van der Waals surface area contributed by atoms with Gasteiger partial charge in [0.2, 0.25) is 5.91 Å². The smallest absolute Gasteiger partial charge is 0.222 e. The van der Waals surface area contributed by atoms with Gasteiger partial charge >= 0.3 is 0 Å². The van der Waals surface area contributed by atoms with Crippen LogP contribution in [0, 0.1) is 5.92 Å². The molecular weight excluding hydrogens is 432 g/mol. The second kappa shape index (κ2) is 9.35. The van der Waals surface area contributed by atoms with Crippen molar-refractivity contribution in [2.45, 2.75) is 25.8 Å². The molecule has 0 aliphatic heterocycles. The maximum Gasteiger partial charge on any atom is 0.222 e. The summed E-state index contributed by atoms with van der Waals surface area (Å²) < 4.78 is 31.8. The molecule has 170 valence electrons. The highest BCUT2D eigenvalue weighted by Gasteiger charge is 2.16. The number of anilines is 3. The van der Waals surface area contributed by atoms with Crippen molar-refractivity contribution in [3.8, 4) is 17.0 Å². The summed E-state index contributed by atoms with van der Waals surface area (Å²) in [4.78, 5) is 20.0. The second-order valence-corrected chi connectivity index (χ2v) is 9.76. The fourth-order valence-corrected chi connectivity index (χ4v) is 3.38. The summed E-state index contributed by atoms with van der Waals surface area (Å²) in [7, 11) is -1.78. The molecule has 2 N–H and O–H groups in total. The minimum atomic E-state index is -3.58. The van der Waals surface area contributed by atoms with E-state index < -0.39 is 9.84 Å². The van der Waals surface area contributed by atoms with E-state index >= 15 is 0 Å². The first-order valence-electron chi connectivity index (χ1n) is 9.91. The van der Waals surface area contributed by atoms with Crippen molar-refractivity contribution in [3.63, 3.8) is 0 Å². The molecule has 0 aliphatic rings. The van der Waals surface area contributed by atoms with Gasteiger partial charge in [0.1, 0.15) is 17.4 Å². The molecule has 0 bridgehead atoms. The minimum Gasteiger partial charge on any atom is -0.493 e. The summed E-state index contributed by atoms with van der Waals surface area (Å²) in [5, 5.41) is 10.1. The Morgan fingerprint density at radius 3 is 2.56 bits per heavy atom. The van der Waals surface area contributed by atoms with Gasteiger partial charge < -0.3 is 15.4 Å². The van der Waals surface area contributed by atoms with Gasteiger partial charge in [-0.25, -0.2) is 18.4 Å². The van der Waals surface area contributed by atoms with E-state index in [1.165, 1.54) is 13.0 Å². The molecule has 0 radical (unpaired) electrons. The summed E-state index contributed by atoms with van der Waals surface area (Å²) >= 11 is 0. The van der Waals surface area contributed by atoms with Crippen LogP contribution in [0.2, 0.25) is 0 Å². The number of pyridine rings is 2. The van der Waals surface area contributed by atoms with Gasteiger partial charge in [0.15, 0.2) is 14.9 Å². The molecule has 0 spiro atoms. The molecule has 1 amide bonds. The van der Waals surface area contributed by atoms with Crippen LogP contribution in [0.4, 0.5) is 17.3 Å². The van der Waals surface area contributed by atoms with Gasteiger partial charge in [0.05, 0.1) is 18.0 Å². The second-order valence-electron chi connectivity index (χ2n) is 7.80. The molecule has 0 saturated heterocycles. The Kier molecular flexibility index (Phi) is 6.78. The lowest BCUT2D eigenvalue weighted by Gasteiger charge is -2.15. The van der Waals surface area contributed by atoms with Crippen LogP contribution in [-0.2, 0) is 21.7 Å². The van der Waals surface area contributed by atoms with Gasteiger partial charge in [-0.15, -0.1) is 0 Å². The van der Waals surface area contributed by atoms with E-state index in [9.17, 15) is 13.2 Å². The topological polar surface area (TPSA) is 128 Å². The zero-order chi connectivity index (χ0) is 23.5. The summed E-state index contributed by atoms with van der Waals surface area (Å²) in [6, 6.07) is 6.47. The first-order valence-corrected chi connectivity index (χ1v) is 11.8. The molecule has 10 nitrogen and oxygen atoms in total. The van der Waals surface area contributed by atoms with E-state index in [-0.39, 0.29) is 22.7 Å². The first-order chi connectivity index (χ1) is 15.0. The Morgan fingerprint density at radius 2 is 1.97 bits per heavy atom. The molecule has 0 saturated carbocycles. The van der Waals surface area contributed by atoms with Crippen molar-refractivity contribution in [2.24, 2.45) is 13.0 Å². The van der Waals surface area contributed by atoms with Gasteiger partial charge in [-0.05, 0) is 12.0 Å². The van der Waals surface area contributed by atoms with Crippen LogP contribution in [0.5, 0.6) is 5.75 Å². The van der Waals surface area contributed by atoms with Crippen molar-refractivity contribution in [3.05, 3.63) is 36.7 Å². The molecule has 0 fully saturated rings. The van der Waals surface area contributed by atoms with Crippen molar-refractivity contribution in [1.82, 2.24) is 19.7 Å². The molecular formula is C21H26N6O4S. The van der Waals surface area contributed by atoms with Crippen LogP contribution in [0.15, 0.2) is 41.7 Å². The lowest BCUT2D eigenvalue weighted by atomic mass is 10.1. The van der Waals surface area contributed by atoms with Crippen LogP contribution < -0.4 is 15.4 Å². The number of sulfone groups is 1. The number of amides is 1. The lowest BCUT2D eigenvalue weighted by molar-refractivity contribution is -0.114. The zero-order valence-electron chi connectivity index (χ0n) is 18.6. The Morgan fingerprint density at radius 1 is 1.22 bits per heavy atom. The van der Waals surface area contributed by atoms with Crippen molar-refractivity contribution >= 4 is 33.1 Å². The van der Waals surface area contributed by atoms with Gasteiger partial charge in [-0.1, -0.05) is 13.8 Å². The number of hydrogen-bond acceptors (Lipinski definition) is 8. The average molecular weight is 459 g/mol. The van der Waals surface area contributed by atoms with E-state index in [2.05, 4.69) is 25.7 Å². The Labute approximate surface area is 187 Å². The molecule has 32 heavy (non-hydrogen) atoms. The number of carbonyl (C=O) groups is 1. The number of nitrogens with one attached hydrogen (secondary N) is 2. The number of aromatic nitrogens is 4. The molecule has 3 heterocycles. The predicted molar refractivity (Wildman–Crippen MR) is 122 cm³/mol. The highest BCUT2D eigenvalue weighted by atomic mass is 32.2. The minimum absolute atomic E-state index is 0.114.